The number of halogens is 2. The Hall–Kier alpha value is -1.05. The molecule has 1 aromatic carbocycles. The van der Waals surface area contributed by atoms with Crippen molar-refractivity contribution in [2.45, 2.75) is 25.0 Å². The molecule has 0 aliphatic carbocycles. The molecule has 2 atom stereocenters. The number of phenols is 1. The van der Waals surface area contributed by atoms with E-state index in [9.17, 15) is 9.90 Å². The van der Waals surface area contributed by atoms with Gasteiger partial charge in [-0.15, -0.1) is 0 Å². The average Bonchev–Trinajstić information content (AvgIpc) is 2.64. The quantitative estimate of drug-likeness (QED) is 0.737. The summed E-state index contributed by atoms with van der Waals surface area (Å²) < 4.78 is 5.54. The lowest BCUT2D eigenvalue weighted by atomic mass is 9.85. The number of phenolic OH excluding ortho intramolecular Hbond substituents is 1. The van der Waals surface area contributed by atoms with Crippen LogP contribution in [-0.2, 0) is 9.53 Å². The number of hydrogen-bond acceptors (Lipinski definition) is 5. The lowest BCUT2D eigenvalue weighted by Crippen LogP contribution is -2.51. The number of carbonyl (C=O) groups excluding carboxylic acids is 1. The van der Waals surface area contributed by atoms with Crippen LogP contribution in [0.1, 0.15) is 24.4 Å². The molecule has 0 bridgehead atoms. The molecule has 2 heterocycles. The summed E-state index contributed by atoms with van der Waals surface area (Å²) in [5.74, 6) is 0.260. The maximum absolute atomic E-state index is 12.5. The fraction of sp³-hybridized carbons (Fsp3) is 0.588. The summed E-state index contributed by atoms with van der Waals surface area (Å²) in [5.41, 5.74) is 6.95. The van der Waals surface area contributed by atoms with Crippen molar-refractivity contribution in [2.75, 3.05) is 32.8 Å². The minimum atomic E-state index is -0.391. The molecule has 0 radical (unpaired) electrons. The molecule has 2 saturated heterocycles. The van der Waals surface area contributed by atoms with E-state index in [1.807, 2.05) is 4.90 Å². The SMILES string of the molecule is N[C@@H](c1cc(Cl)c(Cl)cc1O)C1CCN(C(=O)[C@@H]2CNCCO2)CC1. The maximum atomic E-state index is 12.5. The smallest absolute Gasteiger partial charge is 0.253 e. The van der Waals surface area contributed by atoms with Crippen molar-refractivity contribution >= 4 is 29.1 Å². The van der Waals surface area contributed by atoms with Gasteiger partial charge in [0.05, 0.1) is 16.7 Å². The second kappa shape index (κ2) is 8.10. The Morgan fingerprint density at radius 1 is 1.32 bits per heavy atom. The van der Waals surface area contributed by atoms with Crippen LogP contribution in [0.2, 0.25) is 10.0 Å². The van der Waals surface area contributed by atoms with Crippen molar-refractivity contribution in [1.82, 2.24) is 10.2 Å². The molecule has 1 amide bonds. The zero-order valence-electron chi connectivity index (χ0n) is 13.9. The second-order valence-corrected chi connectivity index (χ2v) is 7.39. The summed E-state index contributed by atoms with van der Waals surface area (Å²) in [7, 11) is 0. The number of aromatic hydroxyl groups is 1. The number of piperidine rings is 1. The molecule has 6 nitrogen and oxygen atoms in total. The van der Waals surface area contributed by atoms with Crippen LogP contribution in [0.15, 0.2) is 12.1 Å². The van der Waals surface area contributed by atoms with Crippen molar-refractivity contribution < 1.29 is 14.6 Å². The monoisotopic (exact) mass is 387 g/mol. The van der Waals surface area contributed by atoms with E-state index < -0.39 is 6.10 Å². The highest BCUT2D eigenvalue weighted by Crippen LogP contribution is 2.37. The Morgan fingerprint density at radius 3 is 2.64 bits per heavy atom. The first kappa shape index (κ1) is 18.7. The number of carbonyl (C=O) groups is 1. The van der Waals surface area contributed by atoms with Gasteiger partial charge in [-0.05, 0) is 24.8 Å². The second-order valence-electron chi connectivity index (χ2n) is 6.58. The van der Waals surface area contributed by atoms with Crippen molar-refractivity contribution in [1.29, 1.82) is 0 Å². The Kier molecular flexibility index (Phi) is 6.07. The number of morpholine rings is 1. The van der Waals surface area contributed by atoms with E-state index in [1.54, 1.807) is 6.07 Å². The number of rotatable bonds is 3. The van der Waals surface area contributed by atoms with Crippen LogP contribution in [-0.4, -0.2) is 54.8 Å². The molecule has 138 valence electrons. The molecule has 2 aliphatic heterocycles. The van der Waals surface area contributed by atoms with Crippen LogP contribution in [0.4, 0.5) is 0 Å². The van der Waals surface area contributed by atoms with Crippen LogP contribution in [0.25, 0.3) is 0 Å². The summed E-state index contributed by atoms with van der Waals surface area (Å²) in [6.45, 7) is 3.19. The highest BCUT2D eigenvalue weighted by molar-refractivity contribution is 6.42. The Morgan fingerprint density at radius 2 is 2.00 bits per heavy atom. The van der Waals surface area contributed by atoms with Crippen LogP contribution in [0.3, 0.4) is 0 Å². The van der Waals surface area contributed by atoms with Crippen molar-refractivity contribution in [2.24, 2.45) is 11.7 Å². The van der Waals surface area contributed by atoms with Gasteiger partial charge in [-0.3, -0.25) is 4.79 Å². The zero-order chi connectivity index (χ0) is 18.0. The summed E-state index contributed by atoms with van der Waals surface area (Å²) in [6.07, 6.45) is 1.15. The van der Waals surface area contributed by atoms with Crippen LogP contribution in [0, 0.1) is 5.92 Å². The van der Waals surface area contributed by atoms with E-state index in [0.717, 1.165) is 19.4 Å². The standard InChI is InChI=1S/C17H23Cl2N3O3/c18-12-7-11(14(23)8-13(12)19)16(20)10-1-4-22(5-2-10)17(24)15-9-21-3-6-25-15/h7-8,10,15-16,21,23H,1-6,9,20H2/t15-,16+/m0/s1. The number of nitrogens with zero attached hydrogens (tertiary/aromatic N) is 1. The van der Waals surface area contributed by atoms with Gasteiger partial charge in [-0.2, -0.15) is 0 Å². The van der Waals surface area contributed by atoms with E-state index in [-0.39, 0.29) is 23.6 Å². The van der Waals surface area contributed by atoms with Crippen molar-refractivity contribution in [3.8, 4) is 5.75 Å². The summed E-state index contributed by atoms with van der Waals surface area (Å²) in [4.78, 5) is 14.3. The molecular formula is C17H23Cl2N3O3. The minimum Gasteiger partial charge on any atom is -0.508 e. The van der Waals surface area contributed by atoms with Gasteiger partial charge in [-0.25, -0.2) is 0 Å². The minimum absolute atomic E-state index is 0.0385. The lowest BCUT2D eigenvalue weighted by Gasteiger charge is -2.37. The molecule has 1 aromatic rings. The van der Waals surface area contributed by atoms with Crippen LogP contribution < -0.4 is 11.1 Å². The molecule has 0 aromatic heterocycles. The van der Waals surface area contributed by atoms with Crippen molar-refractivity contribution in [3.05, 3.63) is 27.7 Å². The molecule has 2 fully saturated rings. The molecular weight excluding hydrogens is 365 g/mol. The van der Waals surface area contributed by atoms with Gasteiger partial charge in [0.2, 0.25) is 0 Å². The number of benzene rings is 1. The summed E-state index contributed by atoms with van der Waals surface area (Å²) in [6, 6.07) is 2.70. The third-order valence-corrected chi connectivity index (χ3v) is 5.71. The average molecular weight is 388 g/mol. The number of nitrogens with one attached hydrogen (secondary N) is 1. The largest absolute Gasteiger partial charge is 0.508 e. The van der Waals surface area contributed by atoms with E-state index in [4.69, 9.17) is 33.7 Å². The third-order valence-electron chi connectivity index (χ3n) is 4.99. The molecule has 25 heavy (non-hydrogen) atoms. The van der Waals surface area contributed by atoms with Gasteiger partial charge in [0, 0.05) is 43.9 Å². The van der Waals surface area contributed by atoms with Gasteiger partial charge >= 0.3 is 0 Å². The lowest BCUT2D eigenvalue weighted by molar-refractivity contribution is -0.146. The Labute approximate surface area is 157 Å². The van der Waals surface area contributed by atoms with Crippen molar-refractivity contribution in [3.63, 3.8) is 0 Å². The molecule has 3 rings (SSSR count). The fourth-order valence-corrected chi connectivity index (χ4v) is 3.81. The molecule has 0 saturated carbocycles. The third kappa shape index (κ3) is 4.20. The highest BCUT2D eigenvalue weighted by atomic mass is 35.5. The maximum Gasteiger partial charge on any atom is 0.253 e. The van der Waals surface area contributed by atoms with Gasteiger partial charge in [0.15, 0.2) is 0 Å². The zero-order valence-corrected chi connectivity index (χ0v) is 15.4. The molecule has 4 N–H and O–H groups in total. The van der Waals surface area contributed by atoms with Crippen LogP contribution in [0.5, 0.6) is 5.75 Å². The first-order chi connectivity index (χ1) is 12.0. The van der Waals surface area contributed by atoms with E-state index >= 15 is 0 Å². The van der Waals surface area contributed by atoms with Crippen LogP contribution >= 0.6 is 23.2 Å². The molecule has 0 spiro atoms. The van der Waals surface area contributed by atoms with Gasteiger partial charge in [0.25, 0.3) is 5.91 Å². The number of hydrogen-bond donors (Lipinski definition) is 3. The highest BCUT2D eigenvalue weighted by Gasteiger charge is 2.32. The topological polar surface area (TPSA) is 87.8 Å². The van der Waals surface area contributed by atoms with E-state index in [0.29, 0.717) is 41.8 Å². The molecule has 2 aliphatic rings. The predicted molar refractivity (Wildman–Crippen MR) is 97.0 cm³/mol. The molecule has 8 heteroatoms. The molecule has 0 unspecified atom stereocenters. The van der Waals surface area contributed by atoms with Gasteiger partial charge < -0.3 is 25.8 Å². The van der Waals surface area contributed by atoms with E-state index in [1.165, 1.54) is 6.07 Å². The van der Waals surface area contributed by atoms with Gasteiger partial charge in [-0.1, -0.05) is 23.2 Å². The Bertz CT molecular complexity index is 630. The normalized spacial score (nSPS) is 23.5. The fourth-order valence-electron chi connectivity index (χ4n) is 3.48. The van der Waals surface area contributed by atoms with Gasteiger partial charge in [0.1, 0.15) is 11.9 Å². The number of nitrogens with two attached hydrogens (primary N) is 1. The first-order valence-corrected chi connectivity index (χ1v) is 9.27. The summed E-state index contributed by atoms with van der Waals surface area (Å²) >= 11 is 12.0. The number of likely N-dealkylation sites (tertiary alicyclic amines) is 1. The summed E-state index contributed by atoms with van der Waals surface area (Å²) in [5, 5.41) is 14.0. The predicted octanol–water partition coefficient (Wildman–Crippen LogP) is 1.93. The Balaban J connectivity index is 1.60. The first-order valence-electron chi connectivity index (χ1n) is 8.52. The number of ether oxygens (including phenoxy) is 1. The van der Waals surface area contributed by atoms with E-state index in [2.05, 4.69) is 5.32 Å². The number of amides is 1.